The minimum absolute atomic E-state index is 0.159. The van der Waals surface area contributed by atoms with Crippen LogP contribution in [-0.4, -0.2) is 81.7 Å². The van der Waals surface area contributed by atoms with Crippen molar-refractivity contribution in [3.8, 4) is 0 Å². The molecule has 2 aliphatic heterocycles. The van der Waals surface area contributed by atoms with Crippen molar-refractivity contribution in [2.24, 2.45) is 5.92 Å². The van der Waals surface area contributed by atoms with Crippen molar-refractivity contribution in [2.75, 3.05) is 7.05 Å². The normalized spacial score (nSPS) is 45.5. The van der Waals surface area contributed by atoms with Crippen molar-refractivity contribution in [1.29, 1.82) is 0 Å². The summed E-state index contributed by atoms with van der Waals surface area (Å²) in [7, 11) is 1.69. The van der Waals surface area contributed by atoms with Crippen molar-refractivity contribution in [3.63, 3.8) is 0 Å². The highest BCUT2D eigenvalue weighted by atomic mass is 16.8. The van der Waals surface area contributed by atoms with Gasteiger partial charge in [-0.2, -0.15) is 0 Å². The fraction of sp³-hybridized carbons (Fsp3) is 0.833. The van der Waals surface area contributed by atoms with E-state index in [1.54, 1.807) is 7.05 Å². The van der Waals surface area contributed by atoms with Gasteiger partial charge in [-0.3, -0.25) is 0 Å². The number of hydrogen-bond donors (Lipinski definition) is 5. The third-order valence-electron chi connectivity index (χ3n) is 7.71. The van der Waals surface area contributed by atoms with Gasteiger partial charge in [0.2, 0.25) is 12.1 Å². The number of aryl methyl sites for hydroxylation is 2. The lowest BCUT2D eigenvalue weighted by Gasteiger charge is -2.60. The number of aliphatic hydroxyl groups is 4. The first kappa shape index (κ1) is 25.1. The molecule has 188 valence electrons. The molecular formula is C24H39NO8. The first-order chi connectivity index (χ1) is 15.7. The summed E-state index contributed by atoms with van der Waals surface area (Å²) in [4.78, 5) is 0. The van der Waals surface area contributed by atoms with Crippen LogP contribution in [0.1, 0.15) is 58.0 Å². The highest BCUT2D eigenvalue weighted by Gasteiger charge is 2.68. The standard InChI is InChI=1S/C24H39NO8/c1-5-14-9-10-15(31-14)8-7-11-23(28)12-13(3)30-22-24(23,29)33-20-17(25-4)18(26)16(6-2)19(27)21(20)32-22/h9-10,13,16-22,25-29H,5-8,11-12H2,1-4H3/t13-,16-,17+,18+,19+,20?,21?,22?,23+,24-/m1/s1. The first-order valence-electron chi connectivity index (χ1n) is 12.2. The van der Waals surface area contributed by atoms with Crippen LogP contribution in [0.4, 0.5) is 0 Å². The Hall–Kier alpha value is -1.04. The van der Waals surface area contributed by atoms with E-state index in [0.29, 0.717) is 19.3 Å². The molecule has 10 atom stereocenters. The van der Waals surface area contributed by atoms with E-state index in [1.807, 2.05) is 32.9 Å². The number of likely N-dealkylation sites (N-methyl/N-ethyl adjacent to an activating group) is 1. The van der Waals surface area contributed by atoms with Gasteiger partial charge in [0, 0.05) is 25.2 Å². The van der Waals surface area contributed by atoms with Crippen LogP contribution in [-0.2, 0) is 27.1 Å². The molecule has 1 aliphatic carbocycles. The van der Waals surface area contributed by atoms with Crippen LogP contribution in [0.2, 0.25) is 0 Å². The van der Waals surface area contributed by atoms with Crippen LogP contribution in [0.25, 0.3) is 0 Å². The van der Waals surface area contributed by atoms with Crippen LogP contribution in [0.5, 0.6) is 0 Å². The summed E-state index contributed by atoms with van der Waals surface area (Å²) in [5, 5.41) is 48.2. The van der Waals surface area contributed by atoms with Crippen molar-refractivity contribution >= 4 is 0 Å². The van der Waals surface area contributed by atoms with Gasteiger partial charge in [0.15, 0.2) is 0 Å². The molecule has 3 heterocycles. The lowest BCUT2D eigenvalue weighted by molar-refractivity contribution is -0.485. The zero-order chi connectivity index (χ0) is 24.0. The zero-order valence-corrected chi connectivity index (χ0v) is 19.9. The number of aliphatic hydroxyl groups excluding tert-OH is 2. The molecule has 9 nitrogen and oxygen atoms in total. The maximum Gasteiger partial charge on any atom is 0.248 e. The minimum Gasteiger partial charge on any atom is -0.466 e. The number of fused-ring (bicyclic) bond motifs is 2. The van der Waals surface area contributed by atoms with Gasteiger partial charge >= 0.3 is 0 Å². The third-order valence-corrected chi connectivity index (χ3v) is 7.71. The van der Waals surface area contributed by atoms with Crippen LogP contribution >= 0.6 is 0 Å². The number of nitrogens with one attached hydrogen (secondary N) is 1. The fourth-order valence-electron chi connectivity index (χ4n) is 5.84. The van der Waals surface area contributed by atoms with Gasteiger partial charge in [-0.1, -0.05) is 13.8 Å². The number of rotatable bonds is 7. The van der Waals surface area contributed by atoms with E-state index >= 15 is 0 Å². The molecule has 0 bridgehead atoms. The Bertz CT molecular complexity index is 803. The molecule has 0 radical (unpaired) electrons. The quantitative estimate of drug-likeness (QED) is 0.394. The second kappa shape index (κ2) is 9.54. The van der Waals surface area contributed by atoms with E-state index in [0.717, 1.165) is 17.9 Å². The Balaban J connectivity index is 1.55. The maximum atomic E-state index is 11.7. The van der Waals surface area contributed by atoms with E-state index in [1.165, 1.54) is 0 Å². The molecule has 0 amide bonds. The zero-order valence-electron chi connectivity index (χ0n) is 19.9. The predicted octanol–water partition coefficient (Wildman–Crippen LogP) is 0.853. The molecule has 3 unspecified atom stereocenters. The molecule has 2 saturated heterocycles. The van der Waals surface area contributed by atoms with Gasteiger partial charge in [-0.25, -0.2) is 0 Å². The molecule has 0 spiro atoms. The SMILES string of the molecule is CCc1ccc(CCC[C@]2(O)C[C@@H](C)OC3OC4C(O[C@]32O)[C@@H](NC)[C@@H](O)[C@@H](CC)[C@@H]4O)o1. The monoisotopic (exact) mass is 469 g/mol. The van der Waals surface area contributed by atoms with E-state index in [-0.39, 0.29) is 18.9 Å². The van der Waals surface area contributed by atoms with Crippen molar-refractivity contribution < 1.29 is 39.1 Å². The maximum absolute atomic E-state index is 11.7. The van der Waals surface area contributed by atoms with Crippen LogP contribution in [0.15, 0.2) is 16.5 Å². The van der Waals surface area contributed by atoms with Crippen LogP contribution in [0.3, 0.4) is 0 Å². The van der Waals surface area contributed by atoms with Crippen molar-refractivity contribution in [2.45, 2.75) is 114 Å². The average Bonchev–Trinajstić information content (AvgIpc) is 3.23. The molecule has 4 rings (SSSR count). The molecule has 0 aromatic carbocycles. The third kappa shape index (κ3) is 4.27. The number of ether oxygens (including phenoxy) is 3. The summed E-state index contributed by atoms with van der Waals surface area (Å²) in [6.07, 6.45) is -2.29. The van der Waals surface area contributed by atoms with Gasteiger partial charge < -0.3 is 44.4 Å². The van der Waals surface area contributed by atoms with Crippen LogP contribution < -0.4 is 5.32 Å². The summed E-state index contributed by atoms with van der Waals surface area (Å²) >= 11 is 0. The molecule has 1 aromatic rings. The Labute approximate surface area is 195 Å². The van der Waals surface area contributed by atoms with Crippen LogP contribution in [0, 0.1) is 5.92 Å². The predicted molar refractivity (Wildman–Crippen MR) is 118 cm³/mol. The Morgan fingerprint density at radius 3 is 2.42 bits per heavy atom. The largest absolute Gasteiger partial charge is 0.466 e. The topological polar surface area (TPSA) is 134 Å². The highest BCUT2D eigenvalue weighted by molar-refractivity contribution is 5.11. The second-order valence-corrected chi connectivity index (χ2v) is 9.84. The van der Waals surface area contributed by atoms with E-state index in [2.05, 4.69) is 5.32 Å². The molecule has 1 saturated carbocycles. The Morgan fingerprint density at radius 1 is 1.06 bits per heavy atom. The van der Waals surface area contributed by atoms with Gasteiger partial charge in [0.1, 0.15) is 29.3 Å². The van der Waals surface area contributed by atoms with E-state index in [4.69, 9.17) is 18.6 Å². The van der Waals surface area contributed by atoms with Gasteiger partial charge in [-0.05, 0) is 45.4 Å². The molecular weight excluding hydrogens is 430 g/mol. The molecule has 9 heteroatoms. The molecule has 5 N–H and O–H groups in total. The summed E-state index contributed by atoms with van der Waals surface area (Å²) in [6, 6.07) is 3.29. The fourth-order valence-corrected chi connectivity index (χ4v) is 5.84. The smallest absolute Gasteiger partial charge is 0.248 e. The first-order valence-corrected chi connectivity index (χ1v) is 12.2. The Morgan fingerprint density at radius 2 is 1.79 bits per heavy atom. The van der Waals surface area contributed by atoms with Crippen molar-refractivity contribution in [1.82, 2.24) is 5.32 Å². The van der Waals surface area contributed by atoms with Gasteiger partial charge in [0.05, 0.1) is 24.4 Å². The van der Waals surface area contributed by atoms with Gasteiger partial charge in [-0.15, -0.1) is 0 Å². The Kier molecular flexibility index (Phi) is 7.25. The lowest BCUT2D eigenvalue weighted by atomic mass is 9.73. The van der Waals surface area contributed by atoms with Gasteiger partial charge in [0.25, 0.3) is 0 Å². The summed E-state index contributed by atoms with van der Waals surface area (Å²) in [5.74, 6) is -0.819. The molecule has 3 fully saturated rings. The number of furan rings is 1. The summed E-state index contributed by atoms with van der Waals surface area (Å²) in [6.45, 7) is 5.73. The lowest BCUT2D eigenvalue weighted by Crippen LogP contribution is -2.78. The molecule has 3 aliphatic rings. The number of hydrogen-bond acceptors (Lipinski definition) is 9. The average molecular weight is 470 g/mol. The molecule has 1 aromatic heterocycles. The van der Waals surface area contributed by atoms with E-state index in [9.17, 15) is 20.4 Å². The van der Waals surface area contributed by atoms with E-state index < -0.39 is 54.1 Å². The minimum atomic E-state index is -2.15. The molecule has 33 heavy (non-hydrogen) atoms. The summed E-state index contributed by atoms with van der Waals surface area (Å²) < 4.78 is 23.9. The van der Waals surface area contributed by atoms with Crippen molar-refractivity contribution in [3.05, 3.63) is 23.7 Å². The second-order valence-electron chi connectivity index (χ2n) is 9.84. The summed E-state index contributed by atoms with van der Waals surface area (Å²) in [5.41, 5.74) is -1.64. The highest BCUT2D eigenvalue weighted by Crippen LogP contribution is 2.49.